The lowest BCUT2D eigenvalue weighted by molar-refractivity contribution is 0.282. The molecule has 0 radical (unpaired) electrons. The van der Waals surface area contributed by atoms with Crippen molar-refractivity contribution in [2.75, 3.05) is 0 Å². The number of phenolic OH excluding ortho intramolecular Hbond substituents is 1. The summed E-state index contributed by atoms with van der Waals surface area (Å²) in [6.07, 6.45) is 0. The van der Waals surface area contributed by atoms with Crippen molar-refractivity contribution in [2.45, 2.75) is 6.61 Å². The average molecular weight is 235 g/mol. The van der Waals surface area contributed by atoms with Crippen LogP contribution in [0.5, 0.6) is 5.75 Å². The quantitative estimate of drug-likeness (QED) is 0.838. The van der Waals surface area contributed by atoms with Crippen LogP contribution in [0.4, 0.5) is 0 Å². The monoisotopic (exact) mass is 234 g/mol. The number of rotatable bonds is 2. The Balaban J connectivity index is 2.58. The van der Waals surface area contributed by atoms with Crippen molar-refractivity contribution in [3.8, 4) is 16.9 Å². The summed E-state index contributed by atoms with van der Waals surface area (Å²) >= 11 is 5.87. The fourth-order valence-corrected chi connectivity index (χ4v) is 1.90. The maximum absolute atomic E-state index is 9.47. The second-order valence-corrected chi connectivity index (χ2v) is 3.95. The van der Waals surface area contributed by atoms with Crippen LogP contribution >= 0.6 is 11.6 Å². The number of halogens is 1. The van der Waals surface area contributed by atoms with Crippen LogP contribution in [0.15, 0.2) is 42.5 Å². The van der Waals surface area contributed by atoms with Crippen LogP contribution in [0, 0.1) is 0 Å². The SMILES string of the molecule is OCc1ccccc1-c1cc(O)cc(Cl)c1. The Hall–Kier alpha value is -1.51. The highest BCUT2D eigenvalue weighted by molar-refractivity contribution is 6.31. The van der Waals surface area contributed by atoms with Crippen LogP contribution in [0.25, 0.3) is 11.1 Å². The van der Waals surface area contributed by atoms with Crippen molar-refractivity contribution in [1.82, 2.24) is 0 Å². The number of benzene rings is 2. The van der Waals surface area contributed by atoms with Crippen molar-refractivity contribution in [1.29, 1.82) is 0 Å². The summed E-state index contributed by atoms with van der Waals surface area (Å²) in [5, 5.41) is 19.2. The Kier molecular flexibility index (Phi) is 3.13. The molecule has 0 aliphatic carbocycles. The molecular formula is C13H11ClO2. The standard InChI is InChI=1S/C13H11ClO2/c14-11-5-10(6-12(16)7-11)13-4-2-1-3-9(13)8-15/h1-7,15-16H,8H2. The molecule has 3 heteroatoms. The first kappa shape index (κ1) is 11.0. The molecule has 0 unspecified atom stereocenters. The van der Waals surface area contributed by atoms with Gasteiger partial charge in [0.05, 0.1) is 6.61 Å². The second kappa shape index (κ2) is 4.56. The number of phenols is 1. The molecule has 0 saturated carbocycles. The van der Waals surface area contributed by atoms with Gasteiger partial charge in [0.25, 0.3) is 0 Å². The predicted molar refractivity (Wildman–Crippen MR) is 64.5 cm³/mol. The first-order chi connectivity index (χ1) is 7.70. The molecule has 2 aromatic rings. The highest BCUT2D eigenvalue weighted by Gasteiger charge is 2.05. The lowest BCUT2D eigenvalue weighted by atomic mass is 10.00. The van der Waals surface area contributed by atoms with Crippen molar-refractivity contribution in [3.63, 3.8) is 0 Å². The molecule has 0 amide bonds. The molecule has 0 atom stereocenters. The summed E-state index contributed by atoms with van der Waals surface area (Å²) in [4.78, 5) is 0. The Labute approximate surface area is 98.7 Å². The first-order valence-electron chi connectivity index (χ1n) is 4.89. The number of hydrogen-bond acceptors (Lipinski definition) is 2. The Bertz CT molecular complexity index is 489. The number of aliphatic hydroxyl groups excluding tert-OH is 1. The maximum atomic E-state index is 9.47. The molecule has 2 rings (SSSR count). The average Bonchev–Trinajstić information content (AvgIpc) is 2.27. The van der Waals surface area contributed by atoms with E-state index < -0.39 is 0 Å². The lowest BCUT2D eigenvalue weighted by Gasteiger charge is -2.08. The van der Waals surface area contributed by atoms with Gasteiger partial charge < -0.3 is 10.2 Å². The molecule has 0 aromatic heterocycles. The molecule has 0 heterocycles. The van der Waals surface area contributed by atoms with E-state index in [0.29, 0.717) is 5.02 Å². The minimum Gasteiger partial charge on any atom is -0.508 e. The summed E-state index contributed by atoms with van der Waals surface area (Å²) in [5.74, 6) is 0.121. The van der Waals surface area contributed by atoms with Gasteiger partial charge in [0.15, 0.2) is 0 Å². The third-order valence-corrected chi connectivity index (χ3v) is 2.60. The fraction of sp³-hybridized carbons (Fsp3) is 0.0769. The van der Waals surface area contributed by atoms with Crippen molar-refractivity contribution in [2.24, 2.45) is 0 Å². The van der Waals surface area contributed by atoms with Gasteiger partial charge in [-0.1, -0.05) is 35.9 Å². The Morgan fingerprint density at radius 1 is 1.06 bits per heavy atom. The molecule has 0 aliphatic rings. The largest absolute Gasteiger partial charge is 0.508 e. The third-order valence-electron chi connectivity index (χ3n) is 2.38. The zero-order chi connectivity index (χ0) is 11.5. The minimum atomic E-state index is -0.0382. The number of aliphatic hydroxyl groups is 1. The second-order valence-electron chi connectivity index (χ2n) is 3.51. The third kappa shape index (κ3) is 2.18. The van der Waals surface area contributed by atoms with E-state index in [9.17, 15) is 10.2 Å². The smallest absolute Gasteiger partial charge is 0.117 e. The van der Waals surface area contributed by atoms with E-state index in [4.69, 9.17) is 11.6 Å². The van der Waals surface area contributed by atoms with E-state index in [-0.39, 0.29) is 12.4 Å². The van der Waals surface area contributed by atoms with Gasteiger partial charge in [-0.3, -0.25) is 0 Å². The molecule has 2 aromatic carbocycles. The molecule has 0 bridgehead atoms. The molecule has 0 saturated heterocycles. The van der Waals surface area contributed by atoms with E-state index in [1.807, 2.05) is 24.3 Å². The summed E-state index contributed by atoms with van der Waals surface area (Å²) in [5.41, 5.74) is 2.49. The van der Waals surface area contributed by atoms with Gasteiger partial charge in [-0.15, -0.1) is 0 Å². The van der Waals surface area contributed by atoms with Gasteiger partial charge in [0.2, 0.25) is 0 Å². The van der Waals surface area contributed by atoms with E-state index in [1.165, 1.54) is 6.07 Å². The molecule has 0 fully saturated rings. The molecule has 0 aliphatic heterocycles. The Morgan fingerprint density at radius 3 is 2.50 bits per heavy atom. The van der Waals surface area contributed by atoms with Crippen LogP contribution in [0.3, 0.4) is 0 Å². The zero-order valence-corrected chi connectivity index (χ0v) is 9.28. The highest BCUT2D eigenvalue weighted by Crippen LogP contribution is 2.29. The number of hydrogen-bond donors (Lipinski definition) is 2. The summed E-state index contributed by atoms with van der Waals surface area (Å²) in [6.45, 7) is -0.0382. The highest BCUT2D eigenvalue weighted by atomic mass is 35.5. The Morgan fingerprint density at radius 2 is 1.81 bits per heavy atom. The van der Waals surface area contributed by atoms with Crippen molar-refractivity contribution >= 4 is 11.6 Å². The van der Waals surface area contributed by atoms with Gasteiger partial charge in [0, 0.05) is 5.02 Å². The summed E-state index contributed by atoms with van der Waals surface area (Å²) in [6, 6.07) is 12.3. The maximum Gasteiger partial charge on any atom is 0.117 e. The van der Waals surface area contributed by atoms with Crippen LogP contribution < -0.4 is 0 Å². The van der Waals surface area contributed by atoms with E-state index in [2.05, 4.69) is 0 Å². The van der Waals surface area contributed by atoms with E-state index >= 15 is 0 Å². The predicted octanol–water partition coefficient (Wildman–Crippen LogP) is 3.20. The molecule has 2 N–H and O–H groups in total. The van der Waals surface area contributed by atoms with Crippen molar-refractivity contribution in [3.05, 3.63) is 53.1 Å². The van der Waals surface area contributed by atoms with Crippen LogP contribution in [-0.2, 0) is 6.61 Å². The van der Waals surface area contributed by atoms with Gasteiger partial charge in [-0.25, -0.2) is 0 Å². The van der Waals surface area contributed by atoms with E-state index in [0.717, 1.165) is 16.7 Å². The van der Waals surface area contributed by atoms with E-state index in [1.54, 1.807) is 12.1 Å². The molecule has 0 spiro atoms. The van der Waals surface area contributed by atoms with Gasteiger partial charge >= 0.3 is 0 Å². The van der Waals surface area contributed by atoms with Gasteiger partial charge in [0.1, 0.15) is 5.75 Å². The topological polar surface area (TPSA) is 40.5 Å². The summed E-state index contributed by atoms with van der Waals surface area (Å²) < 4.78 is 0. The minimum absolute atomic E-state index is 0.0382. The van der Waals surface area contributed by atoms with Crippen LogP contribution in [-0.4, -0.2) is 10.2 Å². The molecule has 82 valence electrons. The fourth-order valence-electron chi connectivity index (χ4n) is 1.67. The van der Waals surface area contributed by atoms with Crippen LogP contribution in [0.1, 0.15) is 5.56 Å². The van der Waals surface area contributed by atoms with Crippen molar-refractivity contribution < 1.29 is 10.2 Å². The van der Waals surface area contributed by atoms with Gasteiger partial charge in [-0.2, -0.15) is 0 Å². The normalized spacial score (nSPS) is 10.4. The molecular weight excluding hydrogens is 224 g/mol. The molecule has 2 nitrogen and oxygen atoms in total. The van der Waals surface area contributed by atoms with Crippen LogP contribution in [0.2, 0.25) is 5.02 Å². The lowest BCUT2D eigenvalue weighted by Crippen LogP contribution is -1.88. The van der Waals surface area contributed by atoms with Gasteiger partial charge in [-0.05, 0) is 34.9 Å². The number of aromatic hydroxyl groups is 1. The zero-order valence-electron chi connectivity index (χ0n) is 8.52. The summed E-state index contributed by atoms with van der Waals surface area (Å²) in [7, 11) is 0. The first-order valence-corrected chi connectivity index (χ1v) is 5.27. The molecule has 16 heavy (non-hydrogen) atoms.